The molecule has 0 atom stereocenters. The van der Waals surface area contributed by atoms with E-state index in [9.17, 15) is 13.2 Å². The summed E-state index contributed by atoms with van der Waals surface area (Å²) in [5.41, 5.74) is 0.756. The molecule has 0 aliphatic carbocycles. The number of para-hydroxylation sites is 1. The average molecular weight is 393 g/mol. The lowest BCUT2D eigenvalue weighted by molar-refractivity contribution is -0.137. The van der Waals surface area contributed by atoms with Crippen molar-refractivity contribution in [3.63, 3.8) is 0 Å². The maximum absolute atomic E-state index is 12.9. The van der Waals surface area contributed by atoms with E-state index in [0.29, 0.717) is 34.6 Å². The topological polar surface area (TPSA) is 39.9 Å². The maximum atomic E-state index is 12.9. The molecule has 142 valence electrons. The van der Waals surface area contributed by atoms with Gasteiger partial charge in [-0.1, -0.05) is 42.1 Å². The molecule has 1 aromatic heterocycles. The highest BCUT2D eigenvalue weighted by Gasteiger charge is 2.30. The summed E-state index contributed by atoms with van der Waals surface area (Å²) in [6.45, 7) is 2.60. The van der Waals surface area contributed by atoms with E-state index in [1.165, 1.54) is 23.9 Å². The second-order valence-electron chi connectivity index (χ2n) is 5.74. The minimum Gasteiger partial charge on any atom is -0.496 e. The van der Waals surface area contributed by atoms with Crippen molar-refractivity contribution < 1.29 is 17.9 Å². The van der Waals surface area contributed by atoms with Gasteiger partial charge in [0.25, 0.3) is 0 Å². The van der Waals surface area contributed by atoms with Gasteiger partial charge in [-0.15, -0.1) is 10.2 Å². The predicted molar refractivity (Wildman–Crippen MR) is 98.7 cm³/mol. The quantitative estimate of drug-likeness (QED) is 0.534. The maximum Gasteiger partial charge on any atom is 0.416 e. The summed E-state index contributed by atoms with van der Waals surface area (Å²) in [5, 5.41) is 9.14. The molecular formula is C19H18F3N3OS. The SMILES string of the molecule is CCn1c(SCc2cccc(C(F)(F)F)c2)nnc1-c1ccccc1OC. The summed E-state index contributed by atoms with van der Waals surface area (Å²) in [7, 11) is 1.59. The Labute approximate surface area is 159 Å². The van der Waals surface area contributed by atoms with Crippen LogP contribution in [0.2, 0.25) is 0 Å². The van der Waals surface area contributed by atoms with Crippen LogP contribution in [0, 0.1) is 0 Å². The Kier molecular flexibility index (Phi) is 5.74. The van der Waals surface area contributed by atoms with Crippen LogP contribution in [0.5, 0.6) is 5.75 Å². The van der Waals surface area contributed by atoms with Gasteiger partial charge in [0.15, 0.2) is 11.0 Å². The van der Waals surface area contributed by atoms with Crippen LogP contribution in [-0.4, -0.2) is 21.9 Å². The summed E-state index contributed by atoms with van der Waals surface area (Å²) in [6.07, 6.45) is -4.35. The van der Waals surface area contributed by atoms with E-state index in [-0.39, 0.29) is 0 Å². The van der Waals surface area contributed by atoms with Gasteiger partial charge in [0.1, 0.15) is 5.75 Å². The molecule has 3 rings (SSSR count). The lowest BCUT2D eigenvalue weighted by atomic mass is 10.1. The number of methoxy groups -OCH3 is 1. The Balaban J connectivity index is 1.84. The summed E-state index contributed by atoms with van der Waals surface area (Å²) >= 11 is 1.35. The van der Waals surface area contributed by atoms with Crippen LogP contribution in [0.25, 0.3) is 11.4 Å². The minimum absolute atomic E-state index is 0.369. The van der Waals surface area contributed by atoms with Crippen molar-refractivity contribution in [3.05, 3.63) is 59.7 Å². The Morgan fingerprint density at radius 2 is 1.85 bits per heavy atom. The zero-order valence-corrected chi connectivity index (χ0v) is 15.6. The Morgan fingerprint density at radius 3 is 2.56 bits per heavy atom. The van der Waals surface area contributed by atoms with Crippen molar-refractivity contribution in [1.29, 1.82) is 0 Å². The third kappa shape index (κ3) is 4.27. The zero-order valence-electron chi connectivity index (χ0n) is 14.8. The number of aromatic nitrogens is 3. The lowest BCUT2D eigenvalue weighted by Gasteiger charge is -2.11. The second kappa shape index (κ2) is 8.04. The Bertz CT molecular complexity index is 925. The molecule has 0 fully saturated rings. The van der Waals surface area contributed by atoms with Crippen molar-refractivity contribution >= 4 is 11.8 Å². The molecule has 0 spiro atoms. The normalized spacial score (nSPS) is 11.6. The third-order valence-electron chi connectivity index (χ3n) is 4.00. The molecule has 27 heavy (non-hydrogen) atoms. The fourth-order valence-corrected chi connectivity index (χ4v) is 3.64. The van der Waals surface area contributed by atoms with Gasteiger partial charge in [0, 0.05) is 12.3 Å². The van der Waals surface area contributed by atoms with Gasteiger partial charge in [-0.3, -0.25) is 0 Å². The lowest BCUT2D eigenvalue weighted by Crippen LogP contribution is -2.05. The van der Waals surface area contributed by atoms with Crippen molar-refractivity contribution in [2.75, 3.05) is 7.11 Å². The predicted octanol–water partition coefficient (Wildman–Crippen LogP) is 5.28. The zero-order chi connectivity index (χ0) is 19.4. The van der Waals surface area contributed by atoms with Crippen LogP contribution < -0.4 is 4.74 Å². The van der Waals surface area contributed by atoms with Gasteiger partial charge >= 0.3 is 6.18 Å². The number of benzene rings is 2. The van der Waals surface area contributed by atoms with Crippen LogP contribution in [0.1, 0.15) is 18.1 Å². The molecule has 0 radical (unpaired) electrons. The van der Waals surface area contributed by atoms with Crippen LogP contribution in [0.4, 0.5) is 13.2 Å². The fraction of sp³-hybridized carbons (Fsp3) is 0.263. The number of nitrogens with zero attached hydrogens (tertiary/aromatic N) is 3. The fourth-order valence-electron chi connectivity index (χ4n) is 2.69. The highest BCUT2D eigenvalue weighted by atomic mass is 32.2. The molecule has 0 aliphatic heterocycles. The Morgan fingerprint density at radius 1 is 1.07 bits per heavy atom. The summed E-state index contributed by atoms with van der Waals surface area (Å²) < 4.78 is 45.9. The number of halogens is 3. The highest BCUT2D eigenvalue weighted by Crippen LogP contribution is 2.33. The van der Waals surface area contributed by atoms with Crippen molar-refractivity contribution in [3.8, 4) is 17.1 Å². The first-order chi connectivity index (χ1) is 12.9. The molecule has 3 aromatic rings. The first-order valence-corrected chi connectivity index (χ1v) is 9.28. The largest absolute Gasteiger partial charge is 0.496 e. The first kappa shape index (κ1) is 19.3. The monoisotopic (exact) mass is 393 g/mol. The second-order valence-corrected chi connectivity index (χ2v) is 6.68. The molecule has 1 heterocycles. The van der Waals surface area contributed by atoms with Crippen LogP contribution in [0.15, 0.2) is 53.7 Å². The number of thioether (sulfide) groups is 1. The number of alkyl halides is 3. The summed E-state index contributed by atoms with van der Waals surface area (Å²) in [6, 6.07) is 12.8. The molecule has 8 heteroatoms. The molecular weight excluding hydrogens is 375 g/mol. The molecule has 4 nitrogen and oxygen atoms in total. The van der Waals surface area contributed by atoms with Gasteiger partial charge in [0.2, 0.25) is 0 Å². The van der Waals surface area contributed by atoms with E-state index in [0.717, 1.165) is 11.6 Å². The smallest absolute Gasteiger partial charge is 0.416 e. The molecule has 2 aromatic carbocycles. The molecule has 0 bridgehead atoms. The van der Waals surface area contributed by atoms with Gasteiger partial charge < -0.3 is 9.30 Å². The molecule has 0 unspecified atom stereocenters. The van der Waals surface area contributed by atoms with E-state index >= 15 is 0 Å². The average Bonchev–Trinajstić information content (AvgIpc) is 3.08. The van der Waals surface area contributed by atoms with E-state index in [2.05, 4.69) is 10.2 Å². The number of hydrogen-bond donors (Lipinski definition) is 0. The van der Waals surface area contributed by atoms with Gasteiger partial charge in [-0.25, -0.2) is 0 Å². The number of hydrogen-bond acceptors (Lipinski definition) is 4. The van der Waals surface area contributed by atoms with Crippen molar-refractivity contribution in [2.24, 2.45) is 0 Å². The van der Waals surface area contributed by atoms with Gasteiger partial charge in [0.05, 0.1) is 18.2 Å². The van der Waals surface area contributed by atoms with Crippen molar-refractivity contribution in [1.82, 2.24) is 14.8 Å². The molecule has 0 N–H and O–H groups in total. The number of rotatable bonds is 6. The highest BCUT2D eigenvalue weighted by molar-refractivity contribution is 7.98. The van der Waals surface area contributed by atoms with Gasteiger partial charge in [-0.05, 0) is 30.7 Å². The summed E-state index contributed by atoms with van der Waals surface area (Å²) in [5.74, 6) is 1.73. The minimum atomic E-state index is -4.35. The van der Waals surface area contributed by atoms with E-state index in [1.54, 1.807) is 13.2 Å². The van der Waals surface area contributed by atoms with Crippen LogP contribution >= 0.6 is 11.8 Å². The van der Waals surface area contributed by atoms with Gasteiger partial charge in [-0.2, -0.15) is 13.2 Å². The van der Waals surface area contributed by atoms with Crippen LogP contribution in [-0.2, 0) is 18.5 Å². The van der Waals surface area contributed by atoms with E-state index in [1.807, 2.05) is 35.8 Å². The summed E-state index contributed by atoms with van der Waals surface area (Å²) in [4.78, 5) is 0. The molecule has 0 amide bonds. The third-order valence-corrected chi connectivity index (χ3v) is 5.04. The molecule has 0 aliphatic rings. The Hall–Kier alpha value is -2.48. The van der Waals surface area contributed by atoms with Crippen LogP contribution in [0.3, 0.4) is 0 Å². The van der Waals surface area contributed by atoms with E-state index < -0.39 is 11.7 Å². The van der Waals surface area contributed by atoms with Crippen molar-refractivity contribution in [2.45, 2.75) is 30.6 Å². The van der Waals surface area contributed by atoms with E-state index in [4.69, 9.17) is 4.74 Å². The molecule has 0 saturated heterocycles. The standard InChI is InChI=1S/C19H18F3N3OS/c1-3-25-17(15-9-4-5-10-16(15)26-2)23-24-18(25)27-12-13-7-6-8-14(11-13)19(20,21)22/h4-11H,3,12H2,1-2H3. The number of ether oxygens (including phenoxy) is 1. The molecule has 0 saturated carbocycles. The first-order valence-electron chi connectivity index (χ1n) is 8.29.